The number of nitrogens with one attached hydrogen (secondary N) is 1. The number of hydrogen-bond donors (Lipinski definition) is 1. The van der Waals surface area contributed by atoms with Crippen LogP contribution in [0.3, 0.4) is 0 Å². The lowest BCUT2D eigenvalue weighted by Gasteiger charge is -2.21. The summed E-state index contributed by atoms with van der Waals surface area (Å²) >= 11 is 0. The largest absolute Gasteiger partial charge is 0.376 e. The second kappa shape index (κ2) is 9.76. The summed E-state index contributed by atoms with van der Waals surface area (Å²) in [6, 6.07) is 0. The van der Waals surface area contributed by atoms with Crippen LogP contribution in [0.2, 0.25) is 0 Å². The molecule has 0 radical (unpaired) electrons. The zero-order chi connectivity index (χ0) is 13.2. The SMILES string of the molecule is CCCC(CNCC(C)C)OCCN1CCCC1. The number of nitrogens with zero attached hydrogens (tertiary/aromatic N) is 1. The fraction of sp³-hybridized carbons (Fsp3) is 1.00. The van der Waals surface area contributed by atoms with Gasteiger partial charge in [-0.2, -0.15) is 0 Å². The van der Waals surface area contributed by atoms with Crippen LogP contribution in [0.1, 0.15) is 46.5 Å². The summed E-state index contributed by atoms with van der Waals surface area (Å²) in [5.74, 6) is 0.719. The topological polar surface area (TPSA) is 24.5 Å². The fourth-order valence-corrected chi connectivity index (χ4v) is 2.45. The molecule has 18 heavy (non-hydrogen) atoms. The molecule has 108 valence electrons. The molecule has 0 aromatic carbocycles. The first kappa shape index (κ1) is 15.9. The minimum atomic E-state index is 0.399. The molecule has 1 N–H and O–H groups in total. The van der Waals surface area contributed by atoms with Crippen LogP contribution in [-0.4, -0.2) is 50.3 Å². The standard InChI is InChI=1S/C15H32N2O/c1-4-7-15(13-16-12-14(2)3)18-11-10-17-8-5-6-9-17/h14-16H,4-13H2,1-3H3. The molecular formula is C15H32N2O. The van der Waals surface area contributed by atoms with E-state index >= 15 is 0 Å². The van der Waals surface area contributed by atoms with E-state index in [1.807, 2.05) is 0 Å². The lowest BCUT2D eigenvalue weighted by molar-refractivity contribution is 0.0352. The molecule has 0 bridgehead atoms. The summed E-state index contributed by atoms with van der Waals surface area (Å²) in [5, 5.41) is 3.51. The van der Waals surface area contributed by atoms with Crippen molar-refractivity contribution in [2.24, 2.45) is 5.92 Å². The number of ether oxygens (including phenoxy) is 1. The van der Waals surface area contributed by atoms with E-state index in [0.29, 0.717) is 6.10 Å². The predicted molar refractivity (Wildman–Crippen MR) is 78.0 cm³/mol. The Bertz CT molecular complexity index is 191. The van der Waals surface area contributed by atoms with Crippen LogP contribution in [0.5, 0.6) is 0 Å². The molecule has 1 atom stereocenters. The molecule has 1 saturated heterocycles. The summed E-state index contributed by atoms with van der Waals surface area (Å²) in [7, 11) is 0. The quantitative estimate of drug-likeness (QED) is 0.650. The highest BCUT2D eigenvalue weighted by molar-refractivity contribution is 4.67. The molecule has 0 aliphatic carbocycles. The summed E-state index contributed by atoms with van der Waals surface area (Å²) in [6.45, 7) is 13.4. The molecule has 0 spiro atoms. The molecule has 0 saturated carbocycles. The van der Waals surface area contributed by atoms with Crippen LogP contribution in [0.4, 0.5) is 0 Å². The van der Waals surface area contributed by atoms with Gasteiger partial charge in [0.15, 0.2) is 0 Å². The van der Waals surface area contributed by atoms with Gasteiger partial charge >= 0.3 is 0 Å². The Balaban J connectivity index is 2.07. The van der Waals surface area contributed by atoms with Gasteiger partial charge in [0.05, 0.1) is 12.7 Å². The van der Waals surface area contributed by atoms with Gasteiger partial charge in [0.1, 0.15) is 0 Å². The maximum Gasteiger partial charge on any atom is 0.0700 e. The van der Waals surface area contributed by atoms with E-state index in [0.717, 1.165) is 32.2 Å². The maximum absolute atomic E-state index is 6.02. The molecule has 3 heteroatoms. The van der Waals surface area contributed by atoms with Crippen LogP contribution in [0, 0.1) is 5.92 Å². The normalized spacial score (nSPS) is 18.7. The Kier molecular flexibility index (Phi) is 8.64. The third-order valence-electron chi connectivity index (χ3n) is 3.49. The second-order valence-electron chi connectivity index (χ2n) is 5.88. The van der Waals surface area contributed by atoms with Crippen molar-refractivity contribution in [3.05, 3.63) is 0 Å². The molecule has 0 aromatic heterocycles. The van der Waals surface area contributed by atoms with Crippen molar-refractivity contribution >= 4 is 0 Å². The van der Waals surface area contributed by atoms with E-state index in [1.165, 1.54) is 38.8 Å². The van der Waals surface area contributed by atoms with Crippen LogP contribution in [0.15, 0.2) is 0 Å². The molecule has 1 heterocycles. The average Bonchev–Trinajstić information content (AvgIpc) is 2.81. The van der Waals surface area contributed by atoms with Gasteiger partial charge < -0.3 is 15.0 Å². The van der Waals surface area contributed by atoms with E-state index in [4.69, 9.17) is 4.74 Å². The fourth-order valence-electron chi connectivity index (χ4n) is 2.45. The zero-order valence-corrected chi connectivity index (χ0v) is 12.6. The highest BCUT2D eigenvalue weighted by atomic mass is 16.5. The van der Waals surface area contributed by atoms with Crippen molar-refractivity contribution in [2.75, 3.05) is 39.3 Å². The lowest BCUT2D eigenvalue weighted by Crippen LogP contribution is -2.33. The van der Waals surface area contributed by atoms with Gasteiger partial charge in [-0.3, -0.25) is 0 Å². The van der Waals surface area contributed by atoms with E-state index in [9.17, 15) is 0 Å². The minimum Gasteiger partial charge on any atom is -0.376 e. The van der Waals surface area contributed by atoms with E-state index in [1.54, 1.807) is 0 Å². The first-order valence-corrected chi connectivity index (χ1v) is 7.77. The lowest BCUT2D eigenvalue weighted by atomic mass is 10.2. The Hall–Kier alpha value is -0.120. The van der Waals surface area contributed by atoms with Gasteiger partial charge in [0.2, 0.25) is 0 Å². The smallest absolute Gasteiger partial charge is 0.0700 e. The predicted octanol–water partition coefficient (Wildman–Crippen LogP) is 2.51. The Morgan fingerprint density at radius 2 is 1.89 bits per heavy atom. The Morgan fingerprint density at radius 3 is 2.50 bits per heavy atom. The molecule has 0 amide bonds. The number of likely N-dealkylation sites (tertiary alicyclic amines) is 1. The van der Waals surface area contributed by atoms with Crippen molar-refractivity contribution in [1.82, 2.24) is 10.2 Å². The molecular weight excluding hydrogens is 224 g/mol. The van der Waals surface area contributed by atoms with Gasteiger partial charge in [-0.25, -0.2) is 0 Å². The van der Waals surface area contributed by atoms with Crippen molar-refractivity contribution < 1.29 is 4.74 Å². The van der Waals surface area contributed by atoms with Crippen molar-refractivity contribution in [1.29, 1.82) is 0 Å². The summed E-state index contributed by atoms with van der Waals surface area (Å²) in [5.41, 5.74) is 0. The Labute approximate surface area is 113 Å². The molecule has 1 fully saturated rings. The van der Waals surface area contributed by atoms with Crippen LogP contribution in [0.25, 0.3) is 0 Å². The third kappa shape index (κ3) is 7.34. The molecule has 1 aliphatic rings. The van der Waals surface area contributed by atoms with Crippen LogP contribution >= 0.6 is 0 Å². The van der Waals surface area contributed by atoms with Gasteiger partial charge in [-0.15, -0.1) is 0 Å². The summed E-state index contributed by atoms with van der Waals surface area (Å²) in [4.78, 5) is 2.52. The van der Waals surface area contributed by atoms with Crippen molar-refractivity contribution in [2.45, 2.75) is 52.6 Å². The molecule has 1 aliphatic heterocycles. The summed E-state index contributed by atoms with van der Waals surface area (Å²) < 4.78 is 6.02. The average molecular weight is 256 g/mol. The molecule has 1 unspecified atom stereocenters. The molecule has 0 aromatic rings. The van der Waals surface area contributed by atoms with Crippen molar-refractivity contribution in [3.8, 4) is 0 Å². The summed E-state index contributed by atoms with van der Waals surface area (Å²) in [6.07, 6.45) is 5.52. The second-order valence-corrected chi connectivity index (χ2v) is 5.88. The van der Waals surface area contributed by atoms with Gasteiger partial charge in [-0.1, -0.05) is 27.2 Å². The molecule has 1 rings (SSSR count). The highest BCUT2D eigenvalue weighted by Gasteiger charge is 2.13. The minimum absolute atomic E-state index is 0.399. The third-order valence-corrected chi connectivity index (χ3v) is 3.49. The van der Waals surface area contributed by atoms with Gasteiger partial charge in [-0.05, 0) is 44.8 Å². The first-order chi connectivity index (χ1) is 8.72. The van der Waals surface area contributed by atoms with Crippen LogP contribution < -0.4 is 5.32 Å². The van der Waals surface area contributed by atoms with Gasteiger partial charge in [0.25, 0.3) is 0 Å². The first-order valence-electron chi connectivity index (χ1n) is 7.77. The zero-order valence-electron chi connectivity index (χ0n) is 12.6. The van der Waals surface area contributed by atoms with E-state index in [2.05, 4.69) is 31.0 Å². The van der Waals surface area contributed by atoms with E-state index < -0.39 is 0 Å². The number of rotatable bonds is 10. The Morgan fingerprint density at radius 1 is 1.17 bits per heavy atom. The highest BCUT2D eigenvalue weighted by Crippen LogP contribution is 2.07. The van der Waals surface area contributed by atoms with Crippen LogP contribution in [-0.2, 0) is 4.74 Å². The van der Waals surface area contributed by atoms with E-state index in [-0.39, 0.29) is 0 Å². The van der Waals surface area contributed by atoms with Crippen molar-refractivity contribution in [3.63, 3.8) is 0 Å². The maximum atomic E-state index is 6.02. The molecule has 3 nitrogen and oxygen atoms in total. The monoisotopic (exact) mass is 256 g/mol. The number of hydrogen-bond acceptors (Lipinski definition) is 3. The van der Waals surface area contributed by atoms with Gasteiger partial charge in [0, 0.05) is 13.1 Å².